The molecule has 1 atom stereocenters. The number of amides is 2. The first kappa shape index (κ1) is 30.5. The second kappa shape index (κ2) is 14.6. The van der Waals surface area contributed by atoms with Crippen LogP contribution < -0.4 is 10.6 Å². The van der Waals surface area contributed by atoms with Crippen LogP contribution in [0, 0.1) is 0 Å². The van der Waals surface area contributed by atoms with Gasteiger partial charge >= 0.3 is 18.2 Å². The van der Waals surface area contributed by atoms with Crippen molar-refractivity contribution in [3.8, 4) is 0 Å². The number of unbranched alkanes of at least 4 members (excludes halogenated alkanes) is 1. The lowest BCUT2D eigenvalue weighted by Gasteiger charge is -2.23. The Morgan fingerprint density at radius 1 is 0.939 bits per heavy atom. The number of allylic oxidation sites excluding steroid dienone is 2. The summed E-state index contributed by atoms with van der Waals surface area (Å²) in [5.74, 6) is -0.520. The predicted octanol–water partition coefficient (Wildman–Crippen LogP) is 5.42. The Hall–Kier alpha value is -2.51. The van der Waals surface area contributed by atoms with Crippen molar-refractivity contribution in [1.29, 1.82) is 0 Å². The summed E-state index contributed by atoms with van der Waals surface area (Å²) in [6.45, 7) is 18.9. The number of hydrogen-bond donors (Lipinski definition) is 2. The molecule has 0 bridgehead atoms. The molecule has 0 radical (unpaired) electrons. The van der Waals surface area contributed by atoms with Gasteiger partial charge in [-0.2, -0.15) is 0 Å². The highest BCUT2D eigenvalue weighted by molar-refractivity contribution is 5.81. The average molecular weight is 469 g/mol. The summed E-state index contributed by atoms with van der Waals surface area (Å²) in [4.78, 5) is 36.5. The van der Waals surface area contributed by atoms with Gasteiger partial charge in [-0.3, -0.25) is 0 Å². The zero-order valence-electron chi connectivity index (χ0n) is 21.8. The minimum absolute atomic E-state index is 0.154. The first-order valence-electron chi connectivity index (χ1n) is 11.5. The molecule has 0 aliphatic carbocycles. The number of carbonyl (C=O) groups is 3. The minimum Gasteiger partial charge on any atom is -0.460 e. The lowest BCUT2D eigenvalue weighted by molar-refractivity contribution is -0.145. The Morgan fingerprint density at radius 3 is 2.06 bits per heavy atom. The highest BCUT2D eigenvalue weighted by Crippen LogP contribution is 2.11. The van der Waals surface area contributed by atoms with Crippen molar-refractivity contribution in [3.63, 3.8) is 0 Å². The van der Waals surface area contributed by atoms with Gasteiger partial charge in [0.05, 0.1) is 0 Å². The summed E-state index contributed by atoms with van der Waals surface area (Å²) >= 11 is 0. The van der Waals surface area contributed by atoms with Crippen LogP contribution in [0.15, 0.2) is 23.8 Å². The number of rotatable bonds is 12. The first-order chi connectivity index (χ1) is 15.1. The third kappa shape index (κ3) is 18.7. The first-order valence-corrected chi connectivity index (χ1v) is 11.5. The molecule has 0 aliphatic rings. The summed E-state index contributed by atoms with van der Waals surface area (Å²) in [7, 11) is 0. The monoisotopic (exact) mass is 468 g/mol. The quantitative estimate of drug-likeness (QED) is 0.172. The SMILES string of the molecule is C=C(C)CCC=C(C)COC(=O)C(CCCCNC(=O)OC(C)(C)C)NC(=O)OC(C)(C)C. The molecule has 2 N–H and O–H groups in total. The van der Waals surface area contributed by atoms with Gasteiger partial charge < -0.3 is 24.8 Å². The third-order valence-corrected chi connectivity index (χ3v) is 4.07. The zero-order valence-corrected chi connectivity index (χ0v) is 21.8. The van der Waals surface area contributed by atoms with Crippen molar-refractivity contribution < 1.29 is 28.6 Å². The maximum absolute atomic E-state index is 12.6. The minimum atomic E-state index is -0.843. The van der Waals surface area contributed by atoms with Gasteiger partial charge in [-0.25, -0.2) is 14.4 Å². The van der Waals surface area contributed by atoms with Crippen LogP contribution in [-0.2, 0) is 19.0 Å². The summed E-state index contributed by atoms with van der Waals surface area (Å²) < 4.78 is 15.9. The molecule has 1 unspecified atom stereocenters. The fraction of sp³-hybridized carbons (Fsp3) is 0.720. The highest BCUT2D eigenvalue weighted by atomic mass is 16.6. The van der Waals surface area contributed by atoms with E-state index in [4.69, 9.17) is 14.2 Å². The van der Waals surface area contributed by atoms with Crippen LogP contribution in [0.3, 0.4) is 0 Å². The number of nitrogens with one attached hydrogen (secondary N) is 2. The lowest BCUT2D eigenvalue weighted by Crippen LogP contribution is -2.44. The molecule has 0 fully saturated rings. The Kier molecular flexibility index (Phi) is 13.5. The summed E-state index contributed by atoms with van der Waals surface area (Å²) in [6, 6.07) is -0.843. The van der Waals surface area contributed by atoms with Crippen LogP contribution in [0.1, 0.15) is 87.5 Å². The largest absolute Gasteiger partial charge is 0.460 e. The molecule has 8 nitrogen and oxygen atoms in total. The predicted molar refractivity (Wildman–Crippen MR) is 130 cm³/mol. The fourth-order valence-electron chi connectivity index (χ4n) is 2.59. The van der Waals surface area contributed by atoms with Crippen molar-refractivity contribution in [3.05, 3.63) is 23.8 Å². The van der Waals surface area contributed by atoms with Crippen LogP contribution in [0.4, 0.5) is 9.59 Å². The van der Waals surface area contributed by atoms with Gasteiger partial charge in [-0.05, 0) is 93.1 Å². The van der Waals surface area contributed by atoms with Crippen LogP contribution in [-0.4, -0.2) is 48.6 Å². The van der Waals surface area contributed by atoms with E-state index >= 15 is 0 Å². The smallest absolute Gasteiger partial charge is 0.408 e. The molecule has 2 amide bonds. The van der Waals surface area contributed by atoms with Gasteiger partial charge in [-0.1, -0.05) is 11.6 Å². The van der Waals surface area contributed by atoms with E-state index in [1.165, 1.54) is 0 Å². The van der Waals surface area contributed by atoms with E-state index in [0.29, 0.717) is 25.8 Å². The van der Waals surface area contributed by atoms with Crippen molar-refractivity contribution in [2.45, 2.75) is 105 Å². The van der Waals surface area contributed by atoms with E-state index in [1.54, 1.807) is 41.5 Å². The summed E-state index contributed by atoms with van der Waals surface area (Å²) in [6.07, 6.45) is 4.11. The maximum atomic E-state index is 12.6. The molecule has 0 saturated heterocycles. The molecule has 0 heterocycles. The van der Waals surface area contributed by atoms with Gasteiger partial charge in [0.15, 0.2) is 0 Å². The van der Waals surface area contributed by atoms with Crippen LogP contribution >= 0.6 is 0 Å². The molecule has 0 saturated carbocycles. The summed E-state index contributed by atoms with van der Waals surface area (Å²) in [5.41, 5.74) is 0.785. The Morgan fingerprint density at radius 2 is 1.52 bits per heavy atom. The second-order valence-electron chi connectivity index (χ2n) is 10.3. The Balaban J connectivity index is 4.74. The van der Waals surface area contributed by atoms with Crippen LogP contribution in [0.5, 0.6) is 0 Å². The van der Waals surface area contributed by atoms with Crippen molar-refractivity contribution >= 4 is 18.2 Å². The van der Waals surface area contributed by atoms with Crippen molar-refractivity contribution in [2.24, 2.45) is 0 Å². The topological polar surface area (TPSA) is 103 Å². The molecule has 8 heteroatoms. The van der Waals surface area contributed by atoms with Gasteiger partial charge in [0.2, 0.25) is 0 Å². The van der Waals surface area contributed by atoms with Crippen LogP contribution in [0.2, 0.25) is 0 Å². The standard InChI is InChI=1S/C25H44N2O6/c1-18(2)13-12-14-19(3)17-31-21(28)20(27-23(30)33-25(7,8)9)15-10-11-16-26-22(29)32-24(4,5)6/h14,20H,1,10-13,15-17H2,2-9H3,(H,26,29)(H,27,30). The molecule has 190 valence electrons. The normalized spacial score (nSPS) is 13.0. The van der Waals surface area contributed by atoms with Gasteiger partial charge in [0.1, 0.15) is 23.9 Å². The van der Waals surface area contributed by atoms with E-state index in [-0.39, 0.29) is 6.61 Å². The van der Waals surface area contributed by atoms with E-state index in [2.05, 4.69) is 17.2 Å². The Labute approximate surface area is 199 Å². The van der Waals surface area contributed by atoms with E-state index < -0.39 is 35.4 Å². The summed E-state index contributed by atoms with van der Waals surface area (Å²) in [5, 5.41) is 5.29. The van der Waals surface area contributed by atoms with Crippen LogP contribution in [0.25, 0.3) is 0 Å². The number of alkyl carbamates (subject to hydrolysis) is 2. The van der Waals surface area contributed by atoms with Crippen molar-refractivity contribution in [2.75, 3.05) is 13.2 Å². The van der Waals surface area contributed by atoms with E-state index in [9.17, 15) is 14.4 Å². The second-order valence-corrected chi connectivity index (χ2v) is 10.3. The molecular formula is C25H44N2O6. The lowest BCUT2D eigenvalue weighted by atomic mass is 10.1. The average Bonchev–Trinajstić information content (AvgIpc) is 2.61. The number of ether oxygens (including phenoxy) is 3. The molecular weight excluding hydrogens is 424 g/mol. The molecule has 0 rings (SSSR count). The van der Waals surface area contributed by atoms with E-state index in [1.807, 2.05) is 19.9 Å². The number of hydrogen-bond acceptors (Lipinski definition) is 6. The highest BCUT2D eigenvalue weighted by Gasteiger charge is 2.25. The number of esters is 1. The molecule has 0 aliphatic heterocycles. The maximum Gasteiger partial charge on any atom is 0.408 e. The van der Waals surface area contributed by atoms with E-state index in [0.717, 1.165) is 24.0 Å². The molecule has 0 aromatic carbocycles. The third-order valence-electron chi connectivity index (χ3n) is 4.07. The molecule has 0 aromatic heterocycles. The molecule has 0 aromatic rings. The van der Waals surface area contributed by atoms with Crippen molar-refractivity contribution in [1.82, 2.24) is 10.6 Å². The van der Waals surface area contributed by atoms with Gasteiger partial charge in [-0.15, -0.1) is 6.58 Å². The Bertz CT molecular complexity index is 686. The molecule has 0 spiro atoms. The van der Waals surface area contributed by atoms with Gasteiger partial charge in [0.25, 0.3) is 0 Å². The van der Waals surface area contributed by atoms with Gasteiger partial charge in [0, 0.05) is 6.54 Å². The fourth-order valence-corrected chi connectivity index (χ4v) is 2.59. The number of carbonyl (C=O) groups excluding carboxylic acids is 3. The molecule has 33 heavy (non-hydrogen) atoms. The zero-order chi connectivity index (χ0) is 25.7.